The molecule has 5 atom stereocenters. The van der Waals surface area contributed by atoms with Crippen molar-refractivity contribution in [3.8, 4) is 5.75 Å². The predicted octanol–water partition coefficient (Wildman–Crippen LogP) is 5.10. The Morgan fingerprint density at radius 3 is 2.10 bits per heavy atom. The van der Waals surface area contributed by atoms with Gasteiger partial charge in [0.15, 0.2) is 0 Å². The number of ether oxygens (including phenoxy) is 2. The summed E-state index contributed by atoms with van der Waals surface area (Å²) in [6, 6.07) is 17.6. The number of hydrogen-bond donors (Lipinski definition) is 6. The maximum atomic E-state index is 14.1. The molecule has 2 aliphatic rings. The Morgan fingerprint density at radius 1 is 0.864 bits per heavy atom. The largest absolute Gasteiger partial charge is 0.497 e. The number of imidazole rings is 1. The second-order valence-electron chi connectivity index (χ2n) is 16.0. The Kier molecular flexibility index (Phi) is 14.1. The van der Waals surface area contributed by atoms with Crippen molar-refractivity contribution in [2.24, 2.45) is 29.0 Å². The Hall–Kier alpha value is -5.73. The lowest BCUT2D eigenvalue weighted by atomic mass is 9.70. The number of nitrogens with two attached hydrogens (primary N) is 3. The van der Waals surface area contributed by atoms with Crippen LogP contribution in [-0.4, -0.2) is 70.4 Å². The molecule has 4 amide bonds. The van der Waals surface area contributed by atoms with E-state index in [0.29, 0.717) is 29.0 Å². The van der Waals surface area contributed by atoms with Gasteiger partial charge in [0.2, 0.25) is 11.8 Å². The lowest BCUT2D eigenvalue weighted by Gasteiger charge is -2.37. The number of nitrogens with one attached hydrogen (secondary N) is 1. The molecule has 0 radical (unpaired) electrons. The summed E-state index contributed by atoms with van der Waals surface area (Å²) in [6.45, 7) is -0.0842. The third-order valence-electron chi connectivity index (χ3n) is 12.0. The second-order valence-corrected chi connectivity index (χ2v) is 16.0. The molecular formula is C45H56N6O8. The highest BCUT2D eigenvalue weighted by Gasteiger charge is 2.44. The van der Waals surface area contributed by atoms with Gasteiger partial charge < -0.3 is 41.9 Å². The van der Waals surface area contributed by atoms with Crippen molar-refractivity contribution in [3.63, 3.8) is 0 Å². The number of carbonyl (C=O) groups is 4. The number of anilines is 1. The van der Waals surface area contributed by atoms with Crippen LogP contribution in [0.15, 0.2) is 73.2 Å². The van der Waals surface area contributed by atoms with Gasteiger partial charge in [-0.1, -0.05) is 74.6 Å². The van der Waals surface area contributed by atoms with Crippen LogP contribution in [0.4, 0.5) is 10.5 Å². The van der Waals surface area contributed by atoms with Gasteiger partial charge in [0, 0.05) is 25.6 Å². The van der Waals surface area contributed by atoms with Crippen LogP contribution in [0.3, 0.4) is 0 Å². The minimum Gasteiger partial charge on any atom is -0.497 e. The van der Waals surface area contributed by atoms with Gasteiger partial charge >= 0.3 is 6.09 Å². The van der Waals surface area contributed by atoms with Crippen LogP contribution in [0, 0.1) is 11.8 Å². The zero-order valence-electron chi connectivity index (χ0n) is 33.7. The number of aliphatic hydroxyl groups is 2. The summed E-state index contributed by atoms with van der Waals surface area (Å²) in [5, 5.41) is 24.0. The van der Waals surface area contributed by atoms with Crippen molar-refractivity contribution in [1.29, 1.82) is 0 Å². The van der Waals surface area contributed by atoms with Crippen LogP contribution in [0.5, 0.6) is 5.75 Å². The number of primary amides is 3. The van der Waals surface area contributed by atoms with E-state index in [1.54, 1.807) is 48.7 Å². The fourth-order valence-electron chi connectivity index (χ4n) is 8.71. The van der Waals surface area contributed by atoms with E-state index >= 15 is 0 Å². The second kappa shape index (κ2) is 19.3. The van der Waals surface area contributed by atoms with E-state index in [0.717, 1.165) is 55.4 Å². The van der Waals surface area contributed by atoms with E-state index < -0.39 is 53.8 Å². The molecule has 2 unspecified atom stereocenters. The number of rotatable bonds is 19. The fraction of sp³-hybridized carbons (Fsp3) is 0.444. The maximum Gasteiger partial charge on any atom is 0.414 e. The molecule has 2 fully saturated rings. The first-order valence-corrected chi connectivity index (χ1v) is 20.4. The molecule has 2 aliphatic carbocycles. The van der Waals surface area contributed by atoms with Gasteiger partial charge in [0.05, 0.1) is 54.4 Å². The highest BCUT2D eigenvalue weighted by Crippen LogP contribution is 2.48. The van der Waals surface area contributed by atoms with E-state index in [2.05, 4.69) is 9.97 Å². The lowest BCUT2D eigenvalue weighted by Crippen LogP contribution is -2.39. The Labute approximate surface area is 344 Å². The standard InChI is InChI=1S/C45H56N6O8/c1-51(45(57)59-24-28-11-7-4-8-12-28)36-22-32(33(19-26-9-5-3-6-10-26)41(53)40(52)29-15-16-29)37(35(43(47)55)21-30-23-49-25-50-30)38(39(36)44(48)56)34(42(46)54)20-27-13-17-31(58-2)18-14-27/h4,7-8,11-14,17-18,22-23,25-26,29,33-35,40-41,52-53H,3,5-6,9-10,15-16,19-21,24H2,1-2H3,(H2,46,54)(H2,47,55)(H2,48,56)(H,49,50)/t33-,34?,35?,40-,41+/m0/s1. The third-order valence-corrected chi connectivity index (χ3v) is 12.0. The first-order valence-electron chi connectivity index (χ1n) is 20.4. The summed E-state index contributed by atoms with van der Waals surface area (Å²) < 4.78 is 11.1. The Morgan fingerprint density at radius 2 is 1.53 bits per heavy atom. The molecule has 14 heteroatoms. The van der Waals surface area contributed by atoms with Gasteiger partial charge in [0.1, 0.15) is 12.4 Å². The monoisotopic (exact) mass is 808 g/mol. The van der Waals surface area contributed by atoms with Crippen LogP contribution in [0.1, 0.15) is 113 Å². The van der Waals surface area contributed by atoms with Crippen LogP contribution in [0.25, 0.3) is 0 Å². The molecule has 0 aliphatic heterocycles. The van der Waals surface area contributed by atoms with E-state index in [4.69, 9.17) is 26.7 Å². The number of methoxy groups -OCH3 is 1. The molecule has 14 nitrogen and oxygen atoms in total. The molecule has 314 valence electrons. The van der Waals surface area contributed by atoms with Crippen molar-refractivity contribution >= 4 is 29.5 Å². The van der Waals surface area contributed by atoms with Gasteiger partial charge in [-0.15, -0.1) is 0 Å². The van der Waals surface area contributed by atoms with Crippen molar-refractivity contribution in [3.05, 3.63) is 112 Å². The predicted molar refractivity (Wildman–Crippen MR) is 222 cm³/mol. The number of nitrogens with zero attached hydrogens (tertiary/aromatic N) is 2. The van der Waals surface area contributed by atoms with Gasteiger partial charge in [-0.05, 0) is 83.5 Å². The average Bonchev–Trinajstić information content (AvgIpc) is 3.97. The van der Waals surface area contributed by atoms with Gasteiger partial charge in [-0.2, -0.15) is 0 Å². The van der Waals surface area contributed by atoms with Crippen molar-refractivity contribution in [1.82, 2.24) is 9.97 Å². The molecule has 0 saturated heterocycles. The number of hydrogen-bond acceptors (Lipinski definition) is 9. The summed E-state index contributed by atoms with van der Waals surface area (Å²) in [5.41, 5.74) is 21.0. The fourth-order valence-corrected chi connectivity index (χ4v) is 8.71. The quantitative estimate of drug-likeness (QED) is 0.0738. The SMILES string of the molecule is COc1ccc(CC(C(N)=O)c2c(C(N)=O)c(N(C)C(=O)OCc3ccccc3)cc([C@H](CC3CCCCC3)[C@@H](O)[C@@H](O)C3CC3)c2C(Cc2c[nH]cn2)C(N)=O)cc1. The summed E-state index contributed by atoms with van der Waals surface area (Å²) >= 11 is 0. The first kappa shape index (κ1) is 42.9. The molecular weight excluding hydrogens is 753 g/mol. The molecule has 3 aromatic carbocycles. The molecule has 0 spiro atoms. The number of H-pyrrole nitrogens is 1. The van der Waals surface area contributed by atoms with Crippen LogP contribution < -0.4 is 26.8 Å². The van der Waals surface area contributed by atoms with E-state index in [-0.39, 0.29) is 53.7 Å². The molecule has 1 heterocycles. The van der Waals surface area contributed by atoms with Gasteiger partial charge in [-0.3, -0.25) is 19.3 Å². The highest BCUT2D eigenvalue weighted by atomic mass is 16.6. The van der Waals surface area contributed by atoms with Gasteiger partial charge in [0.25, 0.3) is 5.91 Å². The minimum absolute atomic E-state index is 0.0112. The third kappa shape index (κ3) is 10.3. The van der Waals surface area contributed by atoms with Crippen LogP contribution in [-0.2, 0) is 33.8 Å². The lowest BCUT2D eigenvalue weighted by molar-refractivity contribution is -0.120. The van der Waals surface area contributed by atoms with Crippen molar-refractivity contribution in [2.75, 3.05) is 19.1 Å². The van der Waals surface area contributed by atoms with Crippen LogP contribution in [0.2, 0.25) is 0 Å². The van der Waals surface area contributed by atoms with E-state index in [1.165, 1.54) is 20.5 Å². The highest BCUT2D eigenvalue weighted by molar-refractivity contribution is 6.06. The summed E-state index contributed by atoms with van der Waals surface area (Å²) in [4.78, 5) is 64.4. The number of aromatic nitrogens is 2. The van der Waals surface area contributed by atoms with E-state index in [1.807, 2.05) is 18.2 Å². The van der Waals surface area contributed by atoms with Gasteiger partial charge in [-0.25, -0.2) is 9.78 Å². The number of aromatic amines is 1. The zero-order chi connectivity index (χ0) is 42.2. The Bertz CT molecular complexity index is 2070. The molecule has 1 aromatic heterocycles. The summed E-state index contributed by atoms with van der Waals surface area (Å²) in [7, 11) is 2.95. The number of carbonyl (C=O) groups excluding carboxylic acids is 4. The van der Waals surface area contributed by atoms with Crippen molar-refractivity contribution < 1.29 is 38.9 Å². The number of amides is 4. The molecule has 6 rings (SSSR count). The normalized spacial score (nSPS) is 16.9. The average molecular weight is 809 g/mol. The van der Waals surface area contributed by atoms with Crippen molar-refractivity contribution in [2.45, 2.75) is 101 Å². The smallest absolute Gasteiger partial charge is 0.414 e. The Balaban J connectivity index is 1.65. The molecule has 0 bridgehead atoms. The summed E-state index contributed by atoms with van der Waals surface area (Å²) in [6.07, 6.45) is 6.41. The molecule has 2 saturated carbocycles. The number of aliphatic hydroxyl groups excluding tert-OH is 2. The molecule has 4 aromatic rings. The first-order chi connectivity index (χ1) is 28.4. The van der Waals surface area contributed by atoms with Crippen LogP contribution >= 0.6 is 0 Å². The maximum absolute atomic E-state index is 14.1. The van der Waals surface area contributed by atoms with E-state index in [9.17, 15) is 29.4 Å². The topological polar surface area (TPSA) is 237 Å². The number of benzene rings is 3. The summed E-state index contributed by atoms with van der Waals surface area (Å²) in [5.74, 6) is -5.44. The zero-order valence-corrected chi connectivity index (χ0v) is 33.7. The molecule has 9 N–H and O–H groups in total. The minimum atomic E-state index is -1.33. The molecule has 59 heavy (non-hydrogen) atoms.